The number of nitrogens with two attached hydrogens (primary N) is 1. The maximum Gasteiger partial charge on any atom is 0.132 e. The maximum absolute atomic E-state index is 13.5. The van der Waals surface area contributed by atoms with Crippen molar-refractivity contribution in [1.82, 2.24) is 0 Å². The molecule has 78 valence electrons. The van der Waals surface area contributed by atoms with E-state index in [4.69, 9.17) is 17.3 Å². The van der Waals surface area contributed by atoms with E-state index >= 15 is 0 Å². The lowest BCUT2D eigenvalue weighted by Crippen LogP contribution is -2.25. The molecule has 2 atom stereocenters. The van der Waals surface area contributed by atoms with Gasteiger partial charge < -0.3 is 10.8 Å². The molecule has 4 heteroatoms. The molecule has 14 heavy (non-hydrogen) atoms. The molecule has 0 aromatic heterocycles. The van der Waals surface area contributed by atoms with E-state index in [1.807, 2.05) is 0 Å². The molecule has 2 unspecified atom stereocenters. The third kappa shape index (κ3) is 2.23. The van der Waals surface area contributed by atoms with Gasteiger partial charge in [-0.2, -0.15) is 0 Å². The molecular formula is C10H13ClFNO. The van der Waals surface area contributed by atoms with Gasteiger partial charge in [-0.15, -0.1) is 0 Å². The predicted octanol–water partition coefficient (Wildman–Crippen LogP) is 2.17. The zero-order valence-electron chi connectivity index (χ0n) is 8.09. The van der Waals surface area contributed by atoms with Crippen molar-refractivity contribution in [2.75, 3.05) is 0 Å². The van der Waals surface area contributed by atoms with Crippen LogP contribution in [0.15, 0.2) is 12.1 Å². The summed E-state index contributed by atoms with van der Waals surface area (Å²) in [4.78, 5) is 0. The Hall–Kier alpha value is -0.640. The lowest BCUT2D eigenvalue weighted by molar-refractivity contribution is 0.149. The normalized spacial score (nSPS) is 15.3. The highest BCUT2D eigenvalue weighted by molar-refractivity contribution is 6.30. The zero-order chi connectivity index (χ0) is 10.9. The Morgan fingerprint density at radius 2 is 2.07 bits per heavy atom. The first-order valence-electron chi connectivity index (χ1n) is 4.32. The summed E-state index contributed by atoms with van der Waals surface area (Å²) in [5, 5.41) is 10.0. The second-order valence-corrected chi connectivity index (χ2v) is 3.87. The Morgan fingerprint density at radius 3 is 2.57 bits per heavy atom. The molecule has 1 aromatic rings. The summed E-state index contributed by atoms with van der Waals surface area (Å²) in [5.74, 6) is -0.445. The van der Waals surface area contributed by atoms with Crippen LogP contribution in [0.1, 0.15) is 24.2 Å². The van der Waals surface area contributed by atoms with Crippen molar-refractivity contribution in [3.05, 3.63) is 34.1 Å². The van der Waals surface area contributed by atoms with E-state index in [9.17, 15) is 9.50 Å². The van der Waals surface area contributed by atoms with Gasteiger partial charge in [0, 0.05) is 16.6 Å². The smallest absolute Gasteiger partial charge is 0.132 e. The van der Waals surface area contributed by atoms with Crippen LogP contribution in [0.5, 0.6) is 0 Å². The van der Waals surface area contributed by atoms with Crippen molar-refractivity contribution in [2.45, 2.75) is 26.0 Å². The van der Waals surface area contributed by atoms with Gasteiger partial charge in [0.05, 0.1) is 6.10 Å². The molecule has 1 rings (SSSR count). The van der Waals surface area contributed by atoms with Crippen LogP contribution in [0.3, 0.4) is 0 Å². The molecule has 0 aliphatic heterocycles. The predicted molar refractivity (Wildman–Crippen MR) is 54.8 cm³/mol. The first-order chi connectivity index (χ1) is 6.43. The number of aryl methyl sites for hydroxylation is 1. The first-order valence-corrected chi connectivity index (χ1v) is 4.70. The summed E-state index contributed by atoms with van der Waals surface area (Å²) in [5.41, 5.74) is 6.04. The van der Waals surface area contributed by atoms with Crippen molar-refractivity contribution in [3.63, 3.8) is 0 Å². The first kappa shape index (κ1) is 11.4. The highest BCUT2D eigenvalue weighted by atomic mass is 35.5. The van der Waals surface area contributed by atoms with Crippen LogP contribution in [0.4, 0.5) is 4.39 Å². The fourth-order valence-electron chi connectivity index (χ4n) is 1.25. The molecule has 3 N–H and O–H groups in total. The standard InChI is InChI=1S/C10H13ClFNO/c1-5-3-7(11)4-8(9(5)12)10(14)6(2)13/h3-4,6,10,14H,13H2,1-2H3. The quantitative estimate of drug-likeness (QED) is 0.798. The molecule has 2 nitrogen and oxygen atoms in total. The van der Waals surface area contributed by atoms with Crippen molar-refractivity contribution in [2.24, 2.45) is 5.73 Å². The summed E-state index contributed by atoms with van der Waals surface area (Å²) in [7, 11) is 0. The van der Waals surface area contributed by atoms with Gasteiger partial charge in [-0.05, 0) is 31.5 Å². The number of aliphatic hydroxyl groups is 1. The molecule has 0 amide bonds. The summed E-state index contributed by atoms with van der Waals surface area (Å²) >= 11 is 5.75. The third-order valence-corrected chi connectivity index (χ3v) is 2.28. The summed E-state index contributed by atoms with van der Waals surface area (Å²) in [6, 6.07) is 2.38. The molecular weight excluding hydrogens is 205 g/mol. The van der Waals surface area contributed by atoms with Gasteiger partial charge in [0.25, 0.3) is 0 Å². The van der Waals surface area contributed by atoms with Gasteiger partial charge in [-0.1, -0.05) is 11.6 Å². The minimum absolute atomic E-state index is 0.157. The van der Waals surface area contributed by atoms with Crippen LogP contribution < -0.4 is 5.73 Å². The van der Waals surface area contributed by atoms with Crippen molar-refractivity contribution >= 4 is 11.6 Å². The molecule has 0 aliphatic rings. The average molecular weight is 218 g/mol. The molecule has 1 aromatic carbocycles. The number of hydrogen-bond donors (Lipinski definition) is 2. The van der Waals surface area contributed by atoms with Crippen LogP contribution in [0.25, 0.3) is 0 Å². The molecule has 0 saturated heterocycles. The van der Waals surface area contributed by atoms with E-state index in [1.54, 1.807) is 13.8 Å². The number of hydrogen-bond acceptors (Lipinski definition) is 2. The lowest BCUT2D eigenvalue weighted by Gasteiger charge is -2.16. The van der Waals surface area contributed by atoms with Gasteiger partial charge in [0.15, 0.2) is 0 Å². The number of halogens is 2. The van der Waals surface area contributed by atoms with Gasteiger partial charge in [0.2, 0.25) is 0 Å². The molecule has 0 saturated carbocycles. The molecule has 0 radical (unpaired) electrons. The van der Waals surface area contributed by atoms with Gasteiger partial charge >= 0.3 is 0 Å². The third-order valence-electron chi connectivity index (χ3n) is 2.06. The van der Waals surface area contributed by atoms with E-state index in [-0.39, 0.29) is 5.56 Å². The molecule has 0 spiro atoms. The second-order valence-electron chi connectivity index (χ2n) is 3.43. The highest BCUT2D eigenvalue weighted by Gasteiger charge is 2.18. The monoisotopic (exact) mass is 217 g/mol. The zero-order valence-corrected chi connectivity index (χ0v) is 8.85. The van der Waals surface area contributed by atoms with E-state index in [1.165, 1.54) is 12.1 Å². The minimum Gasteiger partial charge on any atom is -0.387 e. The van der Waals surface area contributed by atoms with Crippen molar-refractivity contribution < 1.29 is 9.50 Å². The summed E-state index contributed by atoms with van der Waals surface area (Å²) < 4.78 is 13.5. The van der Waals surface area contributed by atoms with Crippen LogP contribution in [-0.4, -0.2) is 11.1 Å². The van der Waals surface area contributed by atoms with E-state index in [0.717, 1.165) is 0 Å². The van der Waals surface area contributed by atoms with Gasteiger partial charge in [0.1, 0.15) is 5.82 Å². The highest BCUT2D eigenvalue weighted by Crippen LogP contribution is 2.25. The molecule has 0 aliphatic carbocycles. The number of rotatable bonds is 2. The fraction of sp³-hybridized carbons (Fsp3) is 0.400. The Morgan fingerprint density at radius 1 is 1.50 bits per heavy atom. The summed E-state index contributed by atoms with van der Waals surface area (Å²) in [6.07, 6.45) is -1.02. The minimum atomic E-state index is -1.02. The largest absolute Gasteiger partial charge is 0.387 e. The Balaban J connectivity index is 3.20. The fourth-order valence-corrected chi connectivity index (χ4v) is 1.53. The lowest BCUT2D eigenvalue weighted by atomic mass is 10.0. The van der Waals surface area contributed by atoms with Crippen molar-refractivity contribution in [1.29, 1.82) is 0 Å². The van der Waals surface area contributed by atoms with E-state index in [0.29, 0.717) is 10.6 Å². The Labute approximate surface area is 87.5 Å². The van der Waals surface area contributed by atoms with Crippen LogP contribution >= 0.6 is 11.6 Å². The Kier molecular flexibility index (Phi) is 3.48. The van der Waals surface area contributed by atoms with E-state index in [2.05, 4.69) is 0 Å². The Bertz CT molecular complexity index is 341. The van der Waals surface area contributed by atoms with Gasteiger partial charge in [-0.3, -0.25) is 0 Å². The maximum atomic E-state index is 13.5. The number of aliphatic hydroxyl groups excluding tert-OH is 1. The van der Waals surface area contributed by atoms with Crippen LogP contribution in [-0.2, 0) is 0 Å². The molecule has 0 heterocycles. The van der Waals surface area contributed by atoms with Crippen molar-refractivity contribution in [3.8, 4) is 0 Å². The SMILES string of the molecule is Cc1cc(Cl)cc(C(O)C(C)N)c1F. The second kappa shape index (κ2) is 4.26. The van der Waals surface area contributed by atoms with Crippen LogP contribution in [0, 0.1) is 12.7 Å². The molecule has 0 fully saturated rings. The van der Waals surface area contributed by atoms with Crippen LogP contribution in [0.2, 0.25) is 5.02 Å². The van der Waals surface area contributed by atoms with Gasteiger partial charge in [-0.25, -0.2) is 4.39 Å². The summed E-state index contributed by atoms with van der Waals surface area (Å²) in [6.45, 7) is 3.21. The topological polar surface area (TPSA) is 46.2 Å². The average Bonchev–Trinajstić information content (AvgIpc) is 2.09. The van der Waals surface area contributed by atoms with E-state index < -0.39 is 18.0 Å². The number of benzene rings is 1. The molecule has 0 bridgehead atoms.